The van der Waals surface area contributed by atoms with Crippen LogP contribution in [0.3, 0.4) is 0 Å². The largest absolute Gasteiger partial charge is 0.348 e. The molecule has 0 saturated carbocycles. The molecule has 3 rings (SSSR count). The molecule has 0 radical (unpaired) electrons. The first-order chi connectivity index (χ1) is 8.74. The number of carbonyl (C=O) groups excluding carboxylic acids is 1. The van der Waals surface area contributed by atoms with Gasteiger partial charge in [0.25, 0.3) is 5.91 Å². The van der Waals surface area contributed by atoms with E-state index in [9.17, 15) is 4.79 Å². The summed E-state index contributed by atoms with van der Waals surface area (Å²) >= 11 is 4.96. The summed E-state index contributed by atoms with van der Waals surface area (Å²) in [6, 6.07) is 2.81. The van der Waals surface area contributed by atoms with Crippen LogP contribution in [-0.4, -0.2) is 36.0 Å². The molecule has 0 bridgehead atoms. The number of hydrogen-bond donors (Lipinski definition) is 1. The quantitative estimate of drug-likeness (QED) is 0.905. The number of nitrogens with zero attached hydrogens (tertiary/aromatic N) is 1. The predicted molar refractivity (Wildman–Crippen MR) is 77.1 cm³/mol. The molecule has 1 aromatic heterocycles. The molecule has 3 nitrogen and oxygen atoms in total. The minimum Gasteiger partial charge on any atom is -0.348 e. The normalized spacial score (nSPS) is 28.1. The number of carbonyl (C=O) groups is 1. The molecule has 1 amide bonds. The number of hydrogen-bond acceptors (Lipinski definition) is 3. The third-order valence-corrected chi connectivity index (χ3v) is 5.51. The second-order valence-corrected chi connectivity index (χ2v) is 7.40. The molecule has 1 N–H and O–H groups in total. The zero-order valence-corrected chi connectivity index (χ0v) is 12.6. The van der Waals surface area contributed by atoms with E-state index in [0.29, 0.717) is 12.1 Å². The molecular formula is C13H17BrN2OS. The van der Waals surface area contributed by atoms with Gasteiger partial charge in [-0.25, -0.2) is 0 Å². The van der Waals surface area contributed by atoms with Crippen LogP contribution >= 0.6 is 27.3 Å². The van der Waals surface area contributed by atoms with Crippen LogP contribution in [0.2, 0.25) is 0 Å². The second kappa shape index (κ2) is 5.31. The van der Waals surface area contributed by atoms with Crippen LogP contribution in [0.4, 0.5) is 0 Å². The van der Waals surface area contributed by atoms with Crippen LogP contribution in [-0.2, 0) is 0 Å². The average molecular weight is 329 g/mol. The van der Waals surface area contributed by atoms with E-state index in [0.717, 1.165) is 22.3 Å². The van der Waals surface area contributed by atoms with E-state index in [2.05, 4.69) is 26.1 Å². The van der Waals surface area contributed by atoms with Gasteiger partial charge >= 0.3 is 0 Å². The van der Waals surface area contributed by atoms with Crippen molar-refractivity contribution >= 4 is 33.2 Å². The zero-order valence-electron chi connectivity index (χ0n) is 10.2. The molecule has 1 aromatic rings. The molecule has 18 heavy (non-hydrogen) atoms. The van der Waals surface area contributed by atoms with Crippen LogP contribution in [0.5, 0.6) is 0 Å². The smallest absolute Gasteiger partial charge is 0.252 e. The minimum absolute atomic E-state index is 0.0781. The lowest BCUT2D eigenvalue weighted by Crippen LogP contribution is -2.46. The number of thiophene rings is 1. The summed E-state index contributed by atoms with van der Waals surface area (Å²) in [7, 11) is 0. The highest BCUT2D eigenvalue weighted by atomic mass is 79.9. The number of piperidine rings is 1. The van der Waals surface area contributed by atoms with E-state index in [4.69, 9.17) is 0 Å². The van der Waals surface area contributed by atoms with Crippen molar-refractivity contribution in [1.29, 1.82) is 0 Å². The van der Waals surface area contributed by atoms with Gasteiger partial charge in [0.2, 0.25) is 0 Å². The van der Waals surface area contributed by atoms with Crippen LogP contribution in [0.15, 0.2) is 15.2 Å². The van der Waals surface area contributed by atoms with Gasteiger partial charge in [-0.3, -0.25) is 9.69 Å². The lowest BCUT2D eigenvalue weighted by atomic mass is 9.99. The number of halogens is 1. The molecule has 0 spiro atoms. The van der Waals surface area contributed by atoms with Crippen molar-refractivity contribution in [3.05, 3.63) is 20.8 Å². The molecule has 0 aromatic carbocycles. The van der Waals surface area contributed by atoms with Crippen LogP contribution in [0.1, 0.15) is 36.0 Å². The van der Waals surface area contributed by atoms with Crippen LogP contribution < -0.4 is 5.32 Å². The molecule has 2 aliphatic rings. The number of fused-ring (bicyclic) bond motifs is 1. The Morgan fingerprint density at radius 3 is 3.06 bits per heavy atom. The molecular weight excluding hydrogens is 312 g/mol. The maximum atomic E-state index is 12.1. The molecule has 3 heterocycles. The highest BCUT2D eigenvalue weighted by Crippen LogP contribution is 2.27. The van der Waals surface area contributed by atoms with Crippen molar-refractivity contribution in [2.45, 2.75) is 37.8 Å². The molecule has 2 aliphatic heterocycles. The molecule has 2 unspecified atom stereocenters. The highest BCUT2D eigenvalue weighted by molar-refractivity contribution is 9.11. The monoisotopic (exact) mass is 328 g/mol. The molecule has 98 valence electrons. The third kappa shape index (κ3) is 2.49. The zero-order chi connectivity index (χ0) is 12.5. The highest BCUT2D eigenvalue weighted by Gasteiger charge is 2.36. The van der Waals surface area contributed by atoms with E-state index in [1.807, 2.05) is 11.4 Å². The van der Waals surface area contributed by atoms with Gasteiger partial charge in [0.15, 0.2) is 0 Å². The van der Waals surface area contributed by atoms with Gasteiger partial charge in [-0.1, -0.05) is 6.42 Å². The van der Waals surface area contributed by atoms with Crippen molar-refractivity contribution in [1.82, 2.24) is 10.2 Å². The van der Waals surface area contributed by atoms with Crippen LogP contribution in [0.25, 0.3) is 0 Å². The standard InChI is InChI=1S/C13H17BrN2OS/c14-12-7-9(8-18-12)13(17)15-10-4-6-16-5-2-1-3-11(10)16/h7-8,10-11H,1-6H2,(H,15,17). The number of nitrogens with one attached hydrogen (secondary N) is 1. The summed E-state index contributed by atoms with van der Waals surface area (Å²) in [5.74, 6) is 0.0781. The number of amides is 1. The second-order valence-electron chi connectivity index (χ2n) is 5.11. The summed E-state index contributed by atoms with van der Waals surface area (Å²) in [6.07, 6.45) is 4.95. The van der Waals surface area contributed by atoms with E-state index in [1.165, 1.54) is 25.8 Å². The summed E-state index contributed by atoms with van der Waals surface area (Å²) in [5, 5.41) is 5.12. The van der Waals surface area contributed by atoms with Crippen molar-refractivity contribution < 1.29 is 4.79 Å². The Balaban J connectivity index is 1.64. The fourth-order valence-electron chi connectivity index (χ4n) is 3.10. The first-order valence-corrected chi connectivity index (χ1v) is 8.20. The van der Waals surface area contributed by atoms with Gasteiger partial charge in [-0.2, -0.15) is 0 Å². The van der Waals surface area contributed by atoms with E-state index in [-0.39, 0.29) is 5.91 Å². The topological polar surface area (TPSA) is 32.3 Å². The lowest BCUT2D eigenvalue weighted by molar-refractivity contribution is 0.0916. The fourth-order valence-corrected chi connectivity index (χ4v) is 4.23. The van der Waals surface area contributed by atoms with Crippen molar-refractivity contribution in [3.8, 4) is 0 Å². The summed E-state index contributed by atoms with van der Waals surface area (Å²) < 4.78 is 1.01. The minimum atomic E-state index is 0.0781. The van der Waals surface area contributed by atoms with Gasteiger partial charge in [0.05, 0.1) is 9.35 Å². The molecule has 2 fully saturated rings. The van der Waals surface area contributed by atoms with Gasteiger partial charge < -0.3 is 5.32 Å². The number of rotatable bonds is 2. The van der Waals surface area contributed by atoms with E-state index < -0.39 is 0 Å². The summed E-state index contributed by atoms with van der Waals surface area (Å²) in [4.78, 5) is 14.7. The maximum Gasteiger partial charge on any atom is 0.252 e. The van der Waals surface area contributed by atoms with Gasteiger partial charge in [-0.15, -0.1) is 11.3 Å². The Kier molecular flexibility index (Phi) is 3.73. The van der Waals surface area contributed by atoms with Gasteiger partial charge in [0, 0.05) is 24.0 Å². The average Bonchev–Trinajstić information content (AvgIpc) is 2.97. The van der Waals surface area contributed by atoms with E-state index in [1.54, 1.807) is 11.3 Å². The van der Waals surface area contributed by atoms with Crippen molar-refractivity contribution in [2.75, 3.05) is 13.1 Å². The first kappa shape index (κ1) is 12.6. The molecule has 2 atom stereocenters. The predicted octanol–water partition coefficient (Wildman–Crippen LogP) is 2.87. The summed E-state index contributed by atoms with van der Waals surface area (Å²) in [5.41, 5.74) is 0.779. The van der Waals surface area contributed by atoms with Crippen LogP contribution in [0, 0.1) is 0 Å². The van der Waals surface area contributed by atoms with Crippen molar-refractivity contribution in [3.63, 3.8) is 0 Å². The Labute approximate surface area is 120 Å². The first-order valence-electron chi connectivity index (χ1n) is 6.53. The maximum absolute atomic E-state index is 12.1. The van der Waals surface area contributed by atoms with Crippen molar-refractivity contribution in [2.24, 2.45) is 0 Å². The Morgan fingerprint density at radius 1 is 1.39 bits per heavy atom. The summed E-state index contributed by atoms with van der Waals surface area (Å²) in [6.45, 7) is 2.35. The molecule has 5 heteroatoms. The Morgan fingerprint density at radius 2 is 2.28 bits per heavy atom. The fraction of sp³-hybridized carbons (Fsp3) is 0.615. The van der Waals surface area contributed by atoms with E-state index >= 15 is 0 Å². The lowest BCUT2D eigenvalue weighted by Gasteiger charge is -2.32. The third-order valence-electron chi connectivity index (χ3n) is 4.00. The molecule has 2 saturated heterocycles. The Bertz CT molecular complexity index is 448. The molecule has 0 aliphatic carbocycles. The van der Waals surface area contributed by atoms with Gasteiger partial charge in [0.1, 0.15) is 0 Å². The van der Waals surface area contributed by atoms with Gasteiger partial charge in [-0.05, 0) is 47.8 Å². The Hall–Kier alpha value is -0.390. The SMILES string of the molecule is O=C(NC1CCN2CCCCC12)c1csc(Br)c1.